The predicted molar refractivity (Wildman–Crippen MR) is 102 cm³/mol. The fourth-order valence-electron chi connectivity index (χ4n) is 2.98. The summed E-state index contributed by atoms with van der Waals surface area (Å²) in [6.07, 6.45) is 0.712. The van der Waals surface area contributed by atoms with Gasteiger partial charge in [-0.2, -0.15) is 0 Å². The Morgan fingerprint density at radius 2 is 1.76 bits per heavy atom. The SMILES string of the molecule is CC(=O)Oc1ccc(Cl)c2nc(C)c(Cc3ccc(Cl)cc3)c(C)c12. The zero-order valence-corrected chi connectivity index (χ0v) is 15.7. The standard InChI is InChI=1S/C20H17Cl2NO2/c1-11-16(10-14-4-6-15(21)7-5-14)12(2)23-20-17(22)8-9-18(19(11)20)25-13(3)24/h4-9H,10H2,1-3H3. The number of halogens is 2. The number of aryl methyl sites for hydroxylation is 2. The van der Waals surface area contributed by atoms with Crippen molar-refractivity contribution < 1.29 is 9.53 Å². The van der Waals surface area contributed by atoms with Crippen LogP contribution in [0.15, 0.2) is 36.4 Å². The Morgan fingerprint density at radius 1 is 1.08 bits per heavy atom. The number of esters is 1. The largest absolute Gasteiger partial charge is 0.426 e. The third-order valence-corrected chi connectivity index (χ3v) is 4.74. The number of nitrogens with zero attached hydrogens (tertiary/aromatic N) is 1. The Labute approximate surface area is 156 Å². The number of carbonyl (C=O) groups excluding carboxylic acids is 1. The number of rotatable bonds is 3. The molecule has 3 rings (SSSR count). The smallest absolute Gasteiger partial charge is 0.308 e. The third-order valence-electron chi connectivity index (χ3n) is 4.18. The zero-order valence-electron chi connectivity index (χ0n) is 14.2. The zero-order chi connectivity index (χ0) is 18.1. The molecular formula is C20H17Cl2NO2. The van der Waals surface area contributed by atoms with Crippen LogP contribution in [0.5, 0.6) is 5.75 Å². The summed E-state index contributed by atoms with van der Waals surface area (Å²) in [5.41, 5.74) is 4.78. The van der Waals surface area contributed by atoms with Crippen molar-refractivity contribution in [3.05, 3.63) is 68.8 Å². The van der Waals surface area contributed by atoms with E-state index in [4.69, 9.17) is 27.9 Å². The molecular weight excluding hydrogens is 357 g/mol. The molecule has 1 aromatic heterocycles. The van der Waals surface area contributed by atoms with Crippen molar-refractivity contribution in [2.24, 2.45) is 0 Å². The maximum atomic E-state index is 11.4. The Bertz CT molecular complexity index is 966. The van der Waals surface area contributed by atoms with Crippen LogP contribution in [0.3, 0.4) is 0 Å². The number of carbonyl (C=O) groups is 1. The summed E-state index contributed by atoms with van der Waals surface area (Å²) in [4.78, 5) is 16.1. The molecule has 0 amide bonds. The van der Waals surface area contributed by atoms with Crippen LogP contribution in [0.1, 0.15) is 29.3 Å². The fourth-order valence-corrected chi connectivity index (χ4v) is 3.31. The van der Waals surface area contributed by atoms with Gasteiger partial charge in [-0.1, -0.05) is 35.3 Å². The molecule has 0 radical (unpaired) electrons. The van der Waals surface area contributed by atoms with E-state index in [0.29, 0.717) is 27.7 Å². The van der Waals surface area contributed by atoms with Crippen molar-refractivity contribution >= 4 is 40.1 Å². The van der Waals surface area contributed by atoms with Crippen molar-refractivity contribution in [2.45, 2.75) is 27.2 Å². The molecule has 0 spiro atoms. The van der Waals surface area contributed by atoms with E-state index in [2.05, 4.69) is 4.98 Å². The van der Waals surface area contributed by atoms with Crippen molar-refractivity contribution in [3.63, 3.8) is 0 Å². The highest BCUT2D eigenvalue weighted by molar-refractivity contribution is 6.35. The number of hydrogen-bond donors (Lipinski definition) is 0. The van der Waals surface area contributed by atoms with Gasteiger partial charge in [0.15, 0.2) is 0 Å². The normalized spacial score (nSPS) is 10.9. The van der Waals surface area contributed by atoms with Crippen LogP contribution >= 0.6 is 23.2 Å². The second kappa shape index (κ2) is 7.03. The predicted octanol–water partition coefficient (Wildman–Crippen LogP) is 5.67. The van der Waals surface area contributed by atoms with E-state index in [1.165, 1.54) is 6.92 Å². The van der Waals surface area contributed by atoms with Gasteiger partial charge in [-0.05, 0) is 61.2 Å². The van der Waals surface area contributed by atoms with E-state index in [1.54, 1.807) is 12.1 Å². The Balaban J connectivity index is 2.19. The summed E-state index contributed by atoms with van der Waals surface area (Å²) in [6, 6.07) is 11.1. The first kappa shape index (κ1) is 17.7. The average Bonchev–Trinajstić information content (AvgIpc) is 2.55. The van der Waals surface area contributed by atoms with Crippen LogP contribution in [-0.4, -0.2) is 11.0 Å². The molecule has 0 aliphatic heterocycles. The van der Waals surface area contributed by atoms with Gasteiger partial charge in [-0.25, -0.2) is 0 Å². The summed E-state index contributed by atoms with van der Waals surface area (Å²) < 4.78 is 5.37. The quantitative estimate of drug-likeness (QED) is 0.438. The van der Waals surface area contributed by atoms with Gasteiger partial charge < -0.3 is 4.74 Å². The van der Waals surface area contributed by atoms with E-state index in [-0.39, 0.29) is 5.97 Å². The van der Waals surface area contributed by atoms with E-state index in [0.717, 1.165) is 27.8 Å². The van der Waals surface area contributed by atoms with Crippen molar-refractivity contribution in [3.8, 4) is 5.75 Å². The van der Waals surface area contributed by atoms with Crippen LogP contribution in [0.25, 0.3) is 10.9 Å². The van der Waals surface area contributed by atoms with Gasteiger partial charge in [-0.15, -0.1) is 0 Å². The lowest BCUT2D eigenvalue weighted by Crippen LogP contribution is -2.05. The molecule has 0 aliphatic rings. The summed E-state index contributed by atoms with van der Waals surface area (Å²) in [6.45, 7) is 5.35. The first-order valence-electron chi connectivity index (χ1n) is 7.88. The van der Waals surface area contributed by atoms with Crippen molar-refractivity contribution in [1.82, 2.24) is 4.98 Å². The molecule has 0 unspecified atom stereocenters. The van der Waals surface area contributed by atoms with E-state index >= 15 is 0 Å². The Kier molecular flexibility index (Phi) is 4.98. The number of hydrogen-bond acceptors (Lipinski definition) is 3. The molecule has 0 bridgehead atoms. The minimum Gasteiger partial charge on any atom is -0.426 e. The molecule has 2 aromatic carbocycles. The number of aromatic nitrogens is 1. The highest BCUT2D eigenvalue weighted by atomic mass is 35.5. The second-order valence-electron chi connectivity index (χ2n) is 5.97. The maximum absolute atomic E-state index is 11.4. The highest BCUT2D eigenvalue weighted by Gasteiger charge is 2.17. The van der Waals surface area contributed by atoms with Crippen LogP contribution < -0.4 is 4.74 Å². The number of fused-ring (bicyclic) bond motifs is 1. The van der Waals surface area contributed by atoms with Gasteiger partial charge in [0, 0.05) is 23.0 Å². The van der Waals surface area contributed by atoms with Gasteiger partial charge >= 0.3 is 5.97 Å². The Hall–Kier alpha value is -2.10. The molecule has 1 heterocycles. The molecule has 3 aromatic rings. The third kappa shape index (κ3) is 3.63. The van der Waals surface area contributed by atoms with Crippen molar-refractivity contribution in [1.29, 1.82) is 0 Å². The van der Waals surface area contributed by atoms with Gasteiger partial charge in [0.2, 0.25) is 0 Å². The van der Waals surface area contributed by atoms with Crippen LogP contribution in [0, 0.1) is 13.8 Å². The van der Waals surface area contributed by atoms with Crippen LogP contribution in [0.2, 0.25) is 10.0 Å². The number of pyridine rings is 1. The highest BCUT2D eigenvalue weighted by Crippen LogP contribution is 2.36. The fraction of sp³-hybridized carbons (Fsp3) is 0.200. The second-order valence-corrected chi connectivity index (χ2v) is 6.81. The molecule has 0 aliphatic carbocycles. The van der Waals surface area contributed by atoms with Crippen LogP contribution in [-0.2, 0) is 11.2 Å². The first-order valence-corrected chi connectivity index (χ1v) is 8.63. The summed E-state index contributed by atoms with van der Waals surface area (Å²) in [5.74, 6) is 0.108. The van der Waals surface area contributed by atoms with E-state index in [1.807, 2.05) is 38.1 Å². The molecule has 5 heteroatoms. The van der Waals surface area contributed by atoms with E-state index < -0.39 is 0 Å². The van der Waals surface area contributed by atoms with Gasteiger partial charge in [0.1, 0.15) is 5.75 Å². The first-order chi connectivity index (χ1) is 11.9. The van der Waals surface area contributed by atoms with Gasteiger partial charge in [-0.3, -0.25) is 9.78 Å². The Morgan fingerprint density at radius 3 is 2.40 bits per heavy atom. The molecule has 0 atom stereocenters. The van der Waals surface area contributed by atoms with Crippen molar-refractivity contribution in [2.75, 3.05) is 0 Å². The molecule has 0 fully saturated rings. The average molecular weight is 374 g/mol. The summed E-state index contributed by atoms with van der Waals surface area (Å²) in [5, 5.41) is 2.02. The van der Waals surface area contributed by atoms with Crippen LogP contribution in [0.4, 0.5) is 0 Å². The minimum absolute atomic E-state index is 0.372. The molecule has 3 nitrogen and oxygen atoms in total. The number of benzene rings is 2. The summed E-state index contributed by atoms with van der Waals surface area (Å²) >= 11 is 12.3. The van der Waals surface area contributed by atoms with Gasteiger partial charge in [0.25, 0.3) is 0 Å². The minimum atomic E-state index is -0.372. The topological polar surface area (TPSA) is 39.2 Å². The monoisotopic (exact) mass is 373 g/mol. The van der Waals surface area contributed by atoms with E-state index in [9.17, 15) is 4.79 Å². The summed E-state index contributed by atoms with van der Waals surface area (Å²) in [7, 11) is 0. The molecule has 128 valence electrons. The molecule has 0 saturated heterocycles. The van der Waals surface area contributed by atoms with Gasteiger partial charge in [0.05, 0.1) is 10.5 Å². The number of ether oxygens (including phenoxy) is 1. The molecule has 25 heavy (non-hydrogen) atoms. The maximum Gasteiger partial charge on any atom is 0.308 e. The lowest BCUT2D eigenvalue weighted by atomic mass is 9.96. The lowest BCUT2D eigenvalue weighted by Gasteiger charge is -2.16. The molecule has 0 saturated carbocycles. The molecule has 0 N–H and O–H groups in total. The lowest BCUT2D eigenvalue weighted by molar-refractivity contribution is -0.131.